The summed E-state index contributed by atoms with van der Waals surface area (Å²) in [6.45, 7) is 4.17. The van der Waals surface area contributed by atoms with Crippen LogP contribution in [0.5, 0.6) is 0 Å². The topological polar surface area (TPSA) is 72.8 Å². The predicted molar refractivity (Wildman–Crippen MR) is 284 cm³/mol. The molecule has 0 fully saturated rings. The van der Waals surface area contributed by atoms with Gasteiger partial charge in [0.1, 0.15) is 6.61 Å². The number of hydrogen-bond acceptors (Lipinski definition) is 5. The number of aliphatic hydroxyl groups is 1. The molecule has 0 aliphatic carbocycles. The average Bonchev–Trinajstić information content (AvgIpc) is 3.31. The van der Waals surface area contributed by atoms with E-state index in [0.717, 1.165) is 44.9 Å². The van der Waals surface area contributed by atoms with E-state index in [1.54, 1.807) is 0 Å². The third-order valence-electron chi connectivity index (χ3n) is 13.2. The number of hydrogen-bond donors (Lipinski definition) is 1. The lowest BCUT2D eigenvalue weighted by atomic mass is 10.0. The molecule has 0 aliphatic rings. The molecule has 1 atom stereocenters. The molecule has 0 aromatic rings. The quantitative estimate of drug-likeness (QED) is 0.0374. The average molecular weight is 914 g/mol. The van der Waals surface area contributed by atoms with Gasteiger partial charge in [-0.15, -0.1) is 0 Å². The van der Waals surface area contributed by atoms with E-state index in [4.69, 9.17) is 9.47 Å². The summed E-state index contributed by atoms with van der Waals surface area (Å²) in [6.07, 6.45) is 72.7. The minimum Gasteiger partial charge on any atom is -0.462 e. The Bertz CT molecular complexity index is 1030. The highest BCUT2D eigenvalue weighted by Crippen LogP contribution is 2.17. The fourth-order valence-electron chi connectivity index (χ4n) is 8.80. The monoisotopic (exact) mass is 913 g/mol. The molecule has 65 heavy (non-hydrogen) atoms. The number of allylic oxidation sites excluding steroid dienone is 6. The van der Waals surface area contributed by atoms with Crippen LogP contribution in [0.1, 0.15) is 316 Å². The van der Waals surface area contributed by atoms with Gasteiger partial charge in [-0.3, -0.25) is 9.59 Å². The van der Waals surface area contributed by atoms with E-state index in [1.165, 1.54) is 244 Å². The molecule has 0 aromatic carbocycles. The second kappa shape index (κ2) is 56.4. The summed E-state index contributed by atoms with van der Waals surface area (Å²) in [5, 5.41) is 9.65. The largest absolute Gasteiger partial charge is 0.462 e. The van der Waals surface area contributed by atoms with E-state index in [0.29, 0.717) is 12.8 Å². The van der Waals surface area contributed by atoms with Crippen LogP contribution in [0.4, 0.5) is 0 Å². The SMILES string of the molecule is CCCCCCC/C=C\C/C=C\C/C=C\CCCCCCCCCCCCCCCCCCCCC(=O)OC(CO)COC(=O)CCCCCCCCCCCCCCCCCCCC. The van der Waals surface area contributed by atoms with Crippen molar-refractivity contribution in [2.45, 2.75) is 322 Å². The molecule has 1 unspecified atom stereocenters. The standard InChI is InChI=1S/C60H112O5/c1-3-5-7-9-11-13-15-17-19-21-23-24-25-26-27-28-29-30-31-32-33-34-35-36-37-39-41-43-45-47-49-51-53-55-60(63)65-58(56-61)57-64-59(62)54-52-50-48-46-44-42-40-38-22-20-18-16-14-12-10-8-6-4-2/h15,17,21,23,25-26,58,61H,3-14,16,18-20,22,24,27-57H2,1-2H3/b17-15-,23-21-,26-25-. The van der Waals surface area contributed by atoms with Crippen LogP contribution < -0.4 is 0 Å². The molecule has 0 heterocycles. The van der Waals surface area contributed by atoms with E-state index >= 15 is 0 Å². The first-order valence-electron chi connectivity index (χ1n) is 29.0. The predicted octanol–water partition coefficient (Wildman–Crippen LogP) is 19.5. The van der Waals surface area contributed by atoms with E-state index in [9.17, 15) is 14.7 Å². The van der Waals surface area contributed by atoms with Gasteiger partial charge in [-0.1, -0.05) is 288 Å². The zero-order valence-corrected chi connectivity index (χ0v) is 43.8. The van der Waals surface area contributed by atoms with Gasteiger partial charge >= 0.3 is 11.9 Å². The number of esters is 2. The zero-order valence-electron chi connectivity index (χ0n) is 43.8. The van der Waals surface area contributed by atoms with Crippen LogP contribution in [0.3, 0.4) is 0 Å². The Balaban J connectivity index is 3.42. The molecule has 0 saturated carbocycles. The number of unbranched alkanes of at least 4 members (excludes halogenated alkanes) is 40. The highest BCUT2D eigenvalue weighted by atomic mass is 16.6. The van der Waals surface area contributed by atoms with Crippen molar-refractivity contribution >= 4 is 11.9 Å². The molecule has 0 spiro atoms. The molecule has 5 heteroatoms. The van der Waals surface area contributed by atoms with Gasteiger partial charge in [-0.05, 0) is 51.4 Å². The van der Waals surface area contributed by atoms with Crippen LogP contribution in [0.25, 0.3) is 0 Å². The van der Waals surface area contributed by atoms with Gasteiger partial charge in [0.2, 0.25) is 0 Å². The molecule has 0 rings (SSSR count). The van der Waals surface area contributed by atoms with E-state index in [-0.39, 0.29) is 25.2 Å². The summed E-state index contributed by atoms with van der Waals surface area (Å²) in [5.41, 5.74) is 0. The summed E-state index contributed by atoms with van der Waals surface area (Å²) >= 11 is 0. The second-order valence-corrected chi connectivity index (χ2v) is 19.7. The van der Waals surface area contributed by atoms with Crippen molar-refractivity contribution in [1.82, 2.24) is 0 Å². The van der Waals surface area contributed by atoms with E-state index < -0.39 is 6.10 Å². The molecule has 0 aliphatic heterocycles. The first-order valence-corrected chi connectivity index (χ1v) is 29.0. The molecule has 5 nitrogen and oxygen atoms in total. The summed E-state index contributed by atoms with van der Waals surface area (Å²) in [5.74, 6) is -0.571. The highest BCUT2D eigenvalue weighted by Gasteiger charge is 2.16. The third kappa shape index (κ3) is 54.6. The maximum atomic E-state index is 12.3. The molecule has 0 amide bonds. The fourth-order valence-corrected chi connectivity index (χ4v) is 8.80. The van der Waals surface area contributed by atoms with E-state index in [1.807, 2.05) is 0 Å². The Morgan fingerprint density at radius 2 is 0.615 bits per heavy atom. The zero-order chi connectivity index (χ0) is 47.0. The molecule has 0 radical (unpaired) electrons. The van der Waals surface area contributed by atoms with Crippen molar-refractivity contribution in [2.24, 2.45) is 0 Å². The Labute approximate surface area is 406 Å². The maximum absolute atomic E-state index is 12.3. The Hall–Kier alpha value is -1.88. The van der Waals surface area contributed by atoms with Crippen molar-refractivity contribution in [3.8, 4) is 0 Å². The van der Waals surface area contributed by atoms with Gasteiger partial charge in [-0.2, -0.15) is 0 Å². The summed E-state index contributed by atoms with van der Waals surface area (Å²) in [6, 6.07) is 0. The highest BCUT2D eigenvalue weighted by molar-refractivity contribution is 5.70. The molecule has 382 valence electrons. The van der Waals surface area contributed by atoms with Crippen molar-refractivity contribution in [3.05, 3.63) is 36.5 Å². The van der Waals surface area contributed by atoms with Crippen molar-refractivity contribution < 1.29 is 24.2 Å². The summed E-state index contributed by atoms with van der Waals surface area (Å²) in [7, 11) is 0. The number of rotatable bonds is 54. The lowest BCUT2D eigenvalue weighted by Gasteiger charge is -2.15. The van der Waals surface area contributed by atoms with Crippen LogP contribution >= 0.6 is 0 Å². The molecular formula is C60H112O5. The second-order valence-electron chi connectivity index (χ2n) is 19.7. The van der Waals surface area contributed by atoms with Crippen molar-refractivity contribution in [1.29, 1.82) is 0 Å². The number of carbonyl (C=O) groups excluding carboxylic acids is 2. The van der Waals surface area contributed by atoms with Gasteiger partial charge in [0.25, 0.3) is 0 Å². The molecule has 0 bridgehead atoms. The Morgan fingerprint density at radius 1 is 0.354 bits per heavy atom. The molecule has 0 aromatic heterocycles. The van der Waals surface area contributed by atoms with Gasteiger partial charge in [-0.25, -0.2) is 0 Å². The van der Waals surface area contributed by atoms with E-state index in [2.05, 4.69) is 50.3 Å². The molecule has 1 N–H and O–H groups in total. The fraction of sp³-hybridized carbons (Fsp3) is 0.867. The molecular weight excluding hydrogens is 801 g/mol. The summed E-state index contributed by atoms with van der Waals surface area (Å²) < 4.78 is 10.7. The van der Waals surface area contributed by atoms with Gasteiger partial charge < -0.3 is 14.6 Å². The maximum Gasteiger partial charge on any atom is 0.306 e. The smallest absolute Gasteiger partial charge is 0.306 e. The van der Waals surface area contributed by atoms with Crippen molar-refractivity contribution in [2.75, 3.05) is 13.2 Å². The first kappa shape index (κ1) is 63.1. The minimum absolute atomic E-state index is 0.0595. The lowest BCUT2D eigenvalue weighted by molar-refractivity contribution is -0.161. The number of ether oxygens (including phenoxy) is 2. The van der Waals surface area contributed by atoms with Crippen LogP contribution in [0.2, 0.25) is 0 Å². The van der Waals surface area contributed by atoms with Crippen LogP contribution in [0, 0.1) is 0 Å². The van der Waals surface area contributed by atoms with Crippen LogP contribution in [-0.2, 0) is 19.1 Å². The first-order chi connectivity index (χ1) is 32.1. The van der Waals surface area contributed by atoms with Crippen LogP contribution in [0.15, 0.2) is 36.5 Å². The summed E-state index contributed by atoms with van der Waals surface area (Å²) in [4.78, 5) is 24.5. The Morgan fingerprint density at radius 3 is 0.923 bits per heavy atom. The van der Waals surface area contributed by atoms with Crippen LogP contribution in [-0.4, -0.2) is 36.4 Å². The normalized spacial score (nSPS) is 12.4. The lowest BCUT2D eigenvalue weighted by Crippen LogP contribution is -2.28. The number of carbonyl (C=O) groups is 2. The third-order valence-corrected chi connectivity index (χ3v) is 13.2. The minimum atomic E-state index is -0.768. The van der Waals surface area contributed by atoms with Gasteiger partial charge in [0.05, 0.1) is 6.61 Å². The van der Waals surface area contributed by atoms with Crippen molar-refractivity contribution in [3.63, 3.8) is 0 Å². The molecule has 0 saturated heterocycles. The Kier molecular flexibility index (Phi) is 54.8. The van der Waals surface area contributed by atoms with Gasteiger partial charge in [0, 0.05) is 12.8 Å². The van der Waals surface area contributed by atoms with Gasteiger partial charge in [0.15, 0.2) is 6.10 Å². The number of aliphatic hydroxyl groups excluding tert-OH is 1.